The number of nitrogens with zero attached hydrogens (tertiary/aromatic N) is 2. The van der Waals surface area contributed by atoms with E-state index in [1.54, 1.807) is 0 Å². The molecule has 0 amide bonds. The Bertz CT molecular complexity index is 383. The molecule has 0 radical (unpaired) electrons. The minimum Gasteiger partial charge on any atom is -0.327 e. The van der Waals surface area contributed by atoms with E-state index in [4.69, 9.17) is 5.73 Å². The molecule has 0 aromatic carbocycles. The fourth-order valence-electron chi connectivity index (χ4n) is 2.94. The van der Waals surface area contributed by atoms with Crippen LogP contribution in [-0.4, -0.2) is 21.2 Å². The van der Waals surface area contributed by atoms with Crippen molar-refractivity contribution in [3.63, 3.8) is 0 Å². The standard InChI is InChI=1S/C13H24N4/c1-5-11-15-12(17-16-11)9-6-7-10(14)8(2)13(9,3)4/h8-10H,5-7,14H2,1-4H3,(H,15,16,17). The molecule has 0 saturated heterocycles. The maximum absolute atomic E-state index is 6.18. The predicted molar refractivity (Wildman–Crippen MR) is 68.7 cm³/mol. The van der Waals surface area contributed by atoms with E-state index in [-0.39, 0.29) is 5.41 Å². The van der Waals surface area contributed by atoms with Crippen LogP contribution in [0.25, 0.3) is 0 Å². The van der Waals surface area contributed by atoms with Crippen molar-refractivity contribution in [2.24, 2.45) is 17.1 Å². The summed E-state index contributed by atoms with van der Waals surface area (Å²) < 4.78 is 0. The van der Waals surface area contributed by atoms with Crippen LogP contribution in [0.4, 0.5) is 0 Å². The van der Waals surface area contributed by atoms with Gasteiger partial charge in [-0.25, -0.2) is 4.98 Å². The van der Waals surface area contributed by atoms with Gasteiger partial charge in [-0.1, -0.05) is 27.7 Å². The first kappa shape index (κ1) is 12.6. The molecular formula is C13H24N4. The normalized spacial score (nSPS) is 32.6. The number of aryl methyl sites for hydroxylation is 1. The minimum absolute atomic E-state index is 0.171. The molecule has 3 atom stereocenters. The van der Waals surface area contributed by atoms with Crippen molar-refractivity contribution in [1.29, 1.82) is 0 Å². The number of nitrogens with one attached hydrogen (secondary N) is 1. The van der Waals surface area contributed by atoms with Crippen LogP contribution < -0.4 is 5.73 Å². The number of nitrogens with two attached hydrogens (primary N) is 1. The molecule has 0 spiro atoms. The van der Waals surface area contributed by atoms with Crippen LogP contribution in [0.1, 0.15) is 58.1 Å². The Labute approximate surface area is 103 Å². The van der Waals surface area contributed by atoms with Gasteiger partial charge in [0, 0.05) is 18.4 Å². The highest BCUT2D eigenvalue weighted by molar-refractivity contribution is 5.08. The number of hydrogen-bond donors (Lipinski definition) is 2. The average molecular weight is 236 g/mol. The zero-order valence-electron chi connectivity index (χ0n) is 11.3. The van der Waals surface area contributed by atoms with Gasteiger partial charge in [-0.3, -0.25) is 5.10 Å². The maximum atomic E-state index is 6.18. The van der Waals surface area contributed by atoms with Gasteiger partial charge in [0.25, 0.3) is 0 Å². The zero-order valence-corrected chi connectivity index (χ0v) is 11.3. The summed E-state index contributed by atoms with van der Waals surface area (Å²) in [5, 5.41) is 7.41. The zero-order chi connectivity index (χ0) is 12.6. The van der Waals surface area contributed by atoms with Gasteiger partial charge in [0.05, 0.1) is 0 Å². The topological polar surface area (TPSA) is 67.6 Å². The highest BCUT2D eigenvalue weighted by Gasteiger charge is 2.43. The first-order valence-corrected chi connectivity index (χ1v) is 6.63. The Kier molecular flexibility index (Phi) is 3.25. The molecule has 2 rings (SSSR count). The molecule has 4 nitrogen and oxygen atoms in total. The van der Waals surface area contributed by atoms with Gasteiger partial charge < -0.3 is 5.73 Å². The van der Waals surface area contributed by atoms with E-state index >= 15 is 0 Å². The number of hydrogen-bond acceptors (Lipinski definition) is 3. The van der Waals surface area contributed by atoms with Crippen LogP contribution >= 0.6 is 0 Å². The molecule has 1 aromatic rings. The number of rotatable bonds is 2. The number of aromatic amines is 1. The van der Waals surface area contributed by atoms with Gasteiger partial charge in [-0.15, -0.1) is 0 Å². The van der Waals surface area contributed by atoms with E-state index in [0.29, 0.717) is 17.9 Å². The third-order valence-corrected chi connectivity index (χ3v) is 4.70. The second-order valence-electron chi connectivity index (χ2n) is 5.90. The molecule has 0 aliphatic heterocycles. The highest BCUT2D eigenvalue weighted by Crippen LogP contribution is 2.48. The summed E-state index contributed by atoms with van der Waals surface area (Å²) in [5.74, 6) is 2.89. The maximum Gasteiger partial charge on any atom is 0.154 e. The molecule has 1 aliphatic rings. The SMILES string of the molecule is CCc1nc(C2CCC(N)C(C)C2(C)C)n[nH]1. The van der Waals surface area contributed by atoms with E-state index in [2.05, 4.69) is 42.9 Å². The molecule has 3 N–H and O–H groups in total. The smallest absolute Gasteiger partial charge is 0.154 e. The predicted octanol–water partition coefficient (Wildman–Crippen LogP) is 2.23. The first-order valence-electron chi connectivity index (χ1n) is 6.63. The van der Waals surface area contributed by atoms with Crippen molar-refractivity contribution in [2.45, 2.75) is 58.9 Å². The molecule has 1 fully saturated rings. The lowest BCUT2D eigenvalue weighted by Gasteiger charge is -2.45. The molecule has 4 heteroatoms. The van der Waals surface area contributed by atoms with Gasteiger partial charge in [-0.05, 0) is 24.2 Å². The Morgan fingerprint density at radius 3 is 2.71 bits per heavy atom. The van der Waals surface area contributed by atoms with Gasteiger partial charge in [0.2, 0.25) is 0 Å². The molecule has 1 aliphatic carbocycles. The summed E-state index contributed by atoms with van der Waals surface area (Å²) in [5.41, 5.74) is 6.35. The van der Waals surface area contributed by atoms with Gasteiger partial charge >= 0.3 is 0 Å². The Morgan fingerprint density at radius 1 is 1.41 bits per heavy atom. The summed E-state index contributed by atoms with van der Waals surface area (Å²) in [6.07, 6.45) is 3.08. The van der Waals surface area contributed by atoms with E-state index in [1.165, 1.54) is 0 Å². The van der Waals surface area contributed by atoms with Gasteiger partial charge in [0.15, 0.2) is 5.82 Å². The molecular weight excluding hydrogens is 212 g/mol. The van der Waals surface area contributed by atoms with Crippen LogP contribution in [-0.2, 0) is 6.42 Å². The summed E-state index contributed by atoms with van der Waals surface area (Å²) in [7, 11) is 0. The Morgan fingerprint density at radius 2 is 2.12 bits per heavy atom. The second-order valence-corrected chi connectivity index (χ2v) is 5.90. The summed E-state index contributed by atoms with van der Waals surface area (Å²) in [4.78, 5) is 4.60. The fraction of sp³-hybridized carbons (Fsp3) is 0.846. The lowest BCUT2D eigenvalue weighted by atomic mass is 9.61. The summed E-state index contributed by atoms with van der Waals surface area (Å²) in [6.45, 7) is 8.94. The number of H-pyrrole nitrogens is 1. The highest BCUT2D eigenvalue weighted by atomic mass is 15.2. The Hall–Kier alpha value is -0.900. The second kappa shape index (κ2) is 4.41. The van der Waals surface area contributed by atoms with E-state index in [9.17, 15) is 0 Å². The van der Waals surface area contributed by atoms with Crippen LogP contribution in [0.3, 0.4) is 0 Å². The van der Waals surface area contributed by atoms with Gasteiger partial charge in [0.1, 0.15) is 5.82 Å². The molecule has 96 valence electrons. The van der Waals surface area contributed by atoms with Crippen molar-refractivity contribution >= 4 is 0 Å². The van der Waals surface area contributed by atoms with Gasteiger partial charge in [-0.2, -0.15) is 5.10 Å². The Balaban J connectivity index is 2.26. The van der Waals surface area contributed by atoms with Crippen LogP contribution in [0, 0.1) is 11.3 Å². The lowest BCUT2D eigenvalue weighted by molar-refractivity contribution is 0.0950. The molecule has 1 saturated carbocycles. The van der Waals surface area contributed by atoms with Crippen LogP contribution in [0.15, 0.2) is 0 Å². The number of aromatic nitrogens is 3. The van der Waals surface area contributed by atoms with Crippen molar-refractivity contribution in [1.82, 2.24) is 15.2 Å². The molecule has 1 aromatic heterocycles. The minimum atomic E-state index is 0.171. The van der Waals surface area contributed by atoms with E-state index < -0.39 is 0 Å². The monoisotopic (exact) mass is 236 g/mol. The van der Waals surface area contributed by atoms with Crippen molar-refractivity contribution < 1.29 is 0 Å². The fourth-order valence-corrected chi connectivity index (χ4v) is 2.94. The van der Waals surface area contributed by atoms with Crippen molar-refractivity contribution in [2.75, 3.05) is 0 Å². The lowest BCUT2D eigenvalue weighted by Crippen LogP contribution is -2.46. The summed E-state index contributed by atoms with van der Waals surface area (Å²) in [6, 6.07) is 0.311. The van der Waals surface area contributed by atoms with E-state index in [1.807, 2.05) is 0 Å². The molecule has 0 bridgehead atoms. The van der Waals surface area contributed by atoms with Crippen molar-refractivity contribution in [3.05, 3.63) is 11.6 Å². The quantitative estimate of drug-likeness (QED) is 0.827. The third-order valence-electron chi connectivity index (χ3n) is 4.70. The molecule has 3 unspecified atom stereocenters. The largest absolute Gasteiger partial charge is 0.327 e. The summed E-state index contributed by atoms with van der Waals surface area (Å²) >= 11 is 0. The molecule has 17 heavy (non-hydrogen) atoms. The van der Waals surface area contributed by atoms with Crippen molar-refractivity contribution in [3.8, 4) is 0 Å². The average Bonchev–Trinajstić information content (AvgIpc) is 2.74. The third kappa shape index (κ3) is 2.10. The van der Waals surface area contributed by atoms with Crippen LogP contribution in [0.2, 0.25) is 0 Å². The van der Waals surface area contributed by atoms with Crippen LogP contribution in [0.5, 0.6) is 0 Å². The molecule has 1 heterocycles. The first-order chi connectivity index (χ1) is 7.96. The van der Waals surface area contributed by atoms with E-state index in [0.717, 1.165) is 30.9 Å².